The van der Waals surface area contributed by atoms with Gasteiger partial charge in [0.2, 0.25) is 5.91 Å². The molecule has 0 spiro atoms. The molecular formula is C25H29F3N2O. The average molecular weight is 431 g/mol. The molecule has 0 radical (unpaired) electrons. The fourth-order valence-corrected chi connectivity index (χ4v) is 4.98. The van der Waals surface area contributed by atoms with Crippen LogP contribution in [0.5, 0.6) is 0 Å². The molecule has 2 aromatic carbocycles. The van der Waals surface area contributed by atoms with Gasteiger partial charge in [-0.2, -0.15) is 13.2 Å². The maximum atomic E-state index is 12.8. The molecule has 1 amide bonds. The Bertz CT molecular complexity index is 939. The number of benzene rings is 2. The van der Waals surface area contributed by atoms with Crippen molar-refractivity contribution in [3.05, 3.63) is 70.3 Å². The summed E-state index contributed by atoms with van der Waals surface area (Å²) < 4.78 is 38.5. The minimum absolute atomic E-state index is 0.115. The van der Waals surface area contributed by atoms with Crippen LogP contribution in [-0.4, -0.2) is 34.8 Å². The number of nitrogens with zero attached hydrogens (tertiary/aromatic N) is 2. The molecule has 2 atom stereocenters. The Morgan fingerprint density at radius 1 is 1.00 bits per heavy atom. The number of rotatable bonds is 4. The molecule has 0 bridgehead atoms. The van der Waals surface area contributed by atoms with Crippen molar-refractivity contribution in [1.29, 1.82) is 0 Å². The predicted molar refractivity (Wildman–Crippen MR) is 114 cm³/mol. The first-order valence-corrected chi connectivity index (χ1v) is 10.9. The Morgan fingerprint density at radius 2 is 1.74 bits per heavy atom. The van der Waals surface area contributed by atoms with Gasteiger partial charge in [0.05, 0.1) is 5.56 Å². The number of halogens is 3. The third-order valence-corrected chi connectivity index (χ3v) is 6.76. The summed E-state index contributed by atoms with van der Waals surface area (Å²) in [6.07, 6.45) is -2.04. The second kappa shape index (κ2) is 8.65. The lowest BCUT2D eigenvalue weighted by Gasteiger charge is -2.47. The summed E-state index contributed by atoms with van der Waals surface area (Å²) >= 11 is 0. The van der Waals surface area contributed by atoms with E-state index in [0.717, 1.165) is 50.2 Å². The highest BCUT2D eigenvalue weighted by molar-refractivity contribution is 5.77. The number of amides is 1. The Balaban J connectivity index is 1.43. The lowest BCUT2D eigenvalue weighted by molar-refractivity contribution is -0.142. The summed E-state index contributed by atoms with van der Waals surface area (Å²) in [5.74, 6) is 0.523. The Morgan fingerprint density at radius 3 is 2.45 bits per heavy atom. The predicted octanol–water partition coefficient (Wildman–Crippen LogP) is 5.34. The molecule has 2 heterocycles. The lowest BCUT2D eigenvalue weighted by atomic mass is 9.83. The summed E-state index contributed by atoms with van der Waals surface area (Å²) in [7, 11) is 0. The number of aryl methyl sites for hydroxylation is 2. The van der Waals surface area contributed by atoms with Crippen molar-refractivity contribution in [1.82, 2.24) is 9.80 Å². The van der Waals surface area contributed by atoms with Gasteiger partial charge < -0.3 is 4.90 Å². The summed E-state index contributed by atoms with van der Waals surface area (Å²) in [6, 6.07) is 11.9. The van der Waals surface area contributed by atoms with Crippen molar-refractivity contribution in [3.8, 4) is 0 Å². The van der Waals surface area contributed by atoms with Crippen LogP contribution in [0.2, 0.25) is 0 Å². The fourth-order valence-electron chi connectivity index (χ4n) is 4.98. The number of alkyl halides is 3. The Kier molecular flexibility index (Phi) is 6.11. The molecule has 0 unspecified atom stereocenters. The maximum absolute atomic E-state index is 12.8. The van der Waals surface area contributed by atoms with Gasteiger partial charge in [-0.15, -0.1) is 0 Å². The molecule has 0 aliphatic carbocycles. The van der Waals surface area contributed by atoms with Gasteiger partial charge in [0.25, 0.3) is 0 Å². The number of carbonyl (C=O) groups excluding carboxylic acids is 1. The molecule has 2 fully saturated rings. The molecule has 0 aromatic heterocycles. The standard InChI is InChI=1S/C25H29F3N2O/c1-17-3-4-18(2)21(13-17)16-29-12-11-23-20(15-29)7-10-24(31)30(23)14-19-5-8-22(9-6-19)25(26,27)28/h3-6,8-9,13,20,23H,7,10-12,14-16H2,1-2H3/t20-,23+/m0/s1. The first-order chi connectivity index (χ1) is 14.7. The van der Waals surface area contributed by atoms with E-state index in [1.54, 1.807) is 0 Å². The zero-order valence-electron chi connectivity index (χ0n) is 18.1. The molecule has 4 rings (SSSR count). The lowest BCUT2D eigenvalue weighted by Crippen LogP contribution is -2.55. The number of likely N-dealkylation sites (tertiary alicyclic amines) is 2. The van der Waals surface area contributed by atoms with E-state index >= 15 is 0 Å². The minimum atomic E-state index is -4.34. The quantitative estimate of drug-likeness (QED) is 0.654. The molecule has 0 saturated carbocycles. The van der Waals surface area contributed by atoms with Crippen molar-refractivity contribution in [2.75, 3.05) is 13.1 Å². The first-order valence-electron chi connectivity index (χ1n) is 10.9. The average Bonchev–Trinajstić information content (AvgIpc) is 2.72. The molecule has 166 valence electrons. The number of fused-ring (bicyclic) bond motifs is 1. The molecule has 0 N–H and O–H groups in total. The zero-order valence-corrected chi connectivity index (χ0v) is 18.1. The van der Waals surface area contributed by atoms with E-state index in [-0.39, 0.29) is 11.9 Å². The molecule has 3 nitrogen and oxygen atoms in total. The van der Waals surface area contributed by atoms with Gasteiger partial charge in [-0.1, -0.05) is 35.9 Å². The highest BCUT2D eigenvalue weighted by Gasteiger charge is 2.39. The van der Waals surface area contributed by atoms with Crippen LogP contribution in [0.4, 0.5) is 13.2 Å². The van der Waals surface area contributed by atoms with Crippen molar-refractivity contribution in [3.63, 3.8) is 0 Å². The van der Waals surface area contributed by atoms with Gasteiger partial charge in [0.1, 0.15) is 0 Å². The second-order valence-electron chi connectivity index (χ2n) is 9.04. The summed E-state index contributed by atoms with van der Waals surface area (Å²) in [6.45, 7) is 7.44. The first kappa shape index (κ1) is 21.9. The largest absolute Gasteiger partial charge is 0.416 e. The maximum Gasteiger partial charge on any atom is 0.416 e. The molecule has 31 heavy (non-hydrogen) atoms. The zero-order chi connectivity index (χ0) is 22.2. The number of carbonyl (C=O) groups is 1. The summed E-state index contributed by atoms with van der Waals surface area (Å²) in [5, 5.41) is 0. The van der Waals surface area contributed by atoms with E-state index in [4.69, 9.17) is 0 Å². The van der Waals surface area contributed by atoms with E-state index < -0.39 is 11.7 Å². The van der Waals surface area contributed by atoms with E-state index in [9.17, 15) is 18.0 Å². The SMILES string of the molecule is Cc1ccc(C)c(CN2CC[C@@H]3[C@@H](CCC(=O)N3Cc3ccc(C(F)(F)F)cc3)C2)c1. The Labute approximate surface area is 181 Å². The van der Waals surface area contributed by atoms with Gasteiger partial charge in [-0.25, -0.2) is 0 Å². The van der Waals surface area contributed by atoms with Crippen LogP contribution in [0.15, 0.2) is 42.5 Å². The third-order valence-electron chi connectivity index (χ3n) is 6.76. The van der Waals surface area contributed by atoms with Crippen molar-refractivity contribution >= 4 is 5.91 Å². The van der Waals surface area contributed by atoms with Crippen LogP contribution >= 0.6 is 0 Å². The Hall–Kier alpha value is -2.34. The van der Waals surface area contributed by atoms with Crippen molar-refractivity contribution in [2.45, 2.75) is 58.4 Å². The highest BCUT2D eigenvalue weighted by atomic mass is 19.4. The van der Waals surface area contributed by atoms with Gasteiger partial charge >= 0.3 is 6.18 Å². The summed E-state index contributed by atoms with van der Waals surface area (Å²) in [4.78, 5) is 17.1. The molecular weight excluding hydrogens is 401 g/mol. The monoisotopic (exact) mass is 430 g/mol. The number of hydrogen-bond donors (Lipinski definition) is 0. The third kappa shape index (κ3) is 4.95. The summed E-state index contributed by atoms with van der Waals surface area (Å²) in [5.41, 5.74) is 4.02. The molecule has 2 saturated heterocycles. The van der Waals surface area contributed by atoms with Crippen molar-refractivity contribution in [2.24, 2.45) is 5.92 Å². The second-order valence-corrected chi connectivity index (χ2v) is 9.04. The van der Waals surface area contributed by atoms with E-state index in [1.807, 2.05) is 4.90 Å². The van der Waals surface area contributed by atoms with Gasteiger partial charge in [0, 0.05) is 38.6 Å². The van der Waals surface area contributed by atoms with Crippen LogP contribution in [0.25, 0.3) is 0 Å². The van der Waals surface area contributed by atoms with Crippen LogP contribution < -0.4 is 0 Å². The molecule has 2 aliphatic rings. The molecule has 6 heteroatoms. The van der Waals surface area contributed by atoms with E-state index in [2.05, 4.69) is 36.9 Å². The van der Waals surface area contributed by atoms with Gasteiger partial charge in [-0.3, -0.25) is 9.69 Å². The fraction of sp³-hybridized carbons (Fsp3) is 0.480. The van der Waals surface area contributed by atoms with Crippen LogP contribution in [0.1, 0.15) is 47.1 Å². The van der Waals surface area contributed by atoms with Crippen LogP contribution in [-0.2, 0) is 24.1 Å². The smallest absolute Gasteiger partial charge is 0.335 e. The minimum Gasteiger partial charge on any atom is -0.335 e. The highest BCUT2D eigenvalue weighted by Crippen LogP contribution is 2.34. The number of piperidine rings is 2. The molecule has 2 aliphatic heterocycles. The van der Waals surface area contributed by atoms with Gasteiger partial charge in [0.15, 0.2) is 0 Å². The topological polar surface area (TPSA) is 23.6 Å². The van der Waals surface area contributed by atoms with Crippen molar-refractivity contribution < 1.29 is 18.0 Å². The van der Waals surface area contributed by atoms with E-state index in [0.29, 0.717) is 18.9 Å². The van der Waals surface area contributed by atoms with Crippen LogP contribution in [0.3, 0.4) is 0 Å². The molecule has 2 aromatic rings. The van der Waals surface area contributed by atoms with E-state index in [1.165, 1.54) is 28.8 Å². The van der Waals surface area contributed by atoms with Gasteiger partial charge in [-0.05, 0) is 61.4 Å². The number of hydrogen-bond acceptors (Lipinski definition) is 2. The van der Waals surface area contributed by atoms with Crippen LogP contribution in [0, 0.1) is 19.8 Å². The normalized spacial score (nSPS) is 22.5.